The molecule has 0 unspecified atom stereocenters. The molecule has 3 rings (SSSR count). The lowest BCUT2D eigenvalue weighted by atomic mass is 10.1. The van der Waals surface area contributed by atoms with Crippen molar-refractivity contribution in [1.29, 1.82) is 0 Å². The van der Waals surface area contributed by atoms with Crippen LogP contribution in [0.3, 0.4) is 0 Å². The van der Waals surface area contributed by atoms with E-state index in [1.165, 1.54) is 24.9 Å². The molecular weight excluding hydrogens is 332 g/mol. The Morgan fingerprint density at radius 2 is 1.81 bits per heavy atom. The van der Waals surface area contributed by atoms with Crippen LogP contribution >= 0.6 is 15.9 Å². The second kappa shape index (κ2) is 7.88. The third-order valence-electron chi connectivity index (χ3n) is 3.34. The Hall–Kier alpha value is -1.75. The summed E-state index contributed by atoms with van der Waals surface area (Å²) in [6.45, 7) is 2.32. The lowest BCUT2D eigenvalue weighted by Gasteiger charge is -2.29. The Balaban J connectivity index is 0.000000173. The summed E-state index contributed by atoms with van der Waals surface area (Å²) in [4.78, 5) is 12.3. The number of benzene rings is 1. The molecule has 21 heavy (non-hydrogen) atoms. The van der Waals surface area contributed by atoms with Crippen molar-refractivity contribution in [1.82, 2.24) is 0 Å². The largest absolute Gasteiger partial charge is 0.447 e. The monoisotopic (exact) mass is 350 g/mol. The minimum atomic E-state index is 0.344. The summed E-state index contributed by atoms with van der Waals surface area (Å²) in [6.07, 6.45) is 4.62. The quantitative estimate of drug-likeness (QED) is 0.653. The van der Waals surface area contributed by atoms with Crippen molar-refractivity contribution >= 4 is 33.6 Å². The molecule has 1 aliphatic heterocycles. The molecule has 0 bridgehead atoms. The predicted octanol–water partition coefficient (Wildman–Crippen LogP) is 4.11. The highest BCUT2D eigenvalue weighted by Gasteiger charge is 2.12. The van der Waals surface area contributed by atoms with E-state index in [-0.39, 0.29) is 0 Å². The van der Waals surface area contributed by atoms with Gasteiger partial charge in [-0.1, -0.05) is 12.1 Å². The predicted molar refractivity (Wildman–Crippen MR) is 88.7 cm³/mol. The number of nitrogen functional groups attached to an aromatic ring is 1. The summed E-state index contributed by atoms with van der Waals surface area (Å²) in [5, 5.41) is 0. The average molecular weight is 351 g/mol. The number of nitrogens with zero attached hydrogens (tertiary/aromatic N) is 1. The number of nitrogens with two attached hydrogens (primary N) is 1. The van der Waals surface area contributed by atoms with Gasteiger partial charge in [-0.2, -0.15) is 0 Å². The number of furan rings is 1. The lowest BCUT2D eigenvalue weighted by Crippen LogP contribution is -2.29. The standard InChI is InChI=1S/C11H16N2.C5H3BrO2/c12-10-6-2-3-7-11(10)13-8-4-1-5-9-13;6-5-2-1-4(3-7)8-5/h2-3,6-7H,1,4-5,8-9,12H2;1-3H. The fraction of sp³-hybridized carbons (Fsp3) is 0.312. The van der Waals surface area contributed by atoms with E-state index >= 15 is 0 Å². The number of halogens is 1. The maximum absolute atomic E-state index is 9.91. The highest BCUT2D eigenvalue weighted by atomic mass is 79.9. The van der Waals surface area contributed by atoms with Crippen LogP contribution in [-0.2, 0) is 0 Å². The van der Waals surface area contributed by atoms with Crippen molar-refractivity contribution in [2.75, 3.05) is 23.7 Å². The number of anilines is 2. The van der Waals surface area contributed by atoms with Crippen molar-refractivity contribution in [3.8, 4) is 0 Å². The molecule has 1 fully saturated rings. The molecule has 2 N–H and O–H groups in total. The van der Waals surface area contributed by atoms with Gasteiger partial charge in [0.05, 0.1) is 11.4 Å². The van der Waals surface area contributed by atoms with Crippen molar-refractivity contribution in [3.63, 3.8) is 0 Å². The number of carbonyl (C=O) groups is 1. The number of aldehydes is 1. The minimum absolute atomic E-state index is 0.344. The molecular formula is C16H19BrN2O2. The van der Waals surface area contributed by atoms with Crippen LogP contribution in [0.4, 0.5) is 11.4 Å². The van der Waals surface area contributed by atoms with Gasteiger partial charge in [0.25, 0.3) is 0 Å². The molecule has 1 aliphatic rings. The average Bonchev–Trinajstić information content (AvgIpc) is 2.95. The van der Waals surface area contributed by atoms with Crippen molar-refractivity contribution < 1.29 is 9.21 Å². The summed E-state index contributed by atoms with van der Waals surface area (Å²) in [5.41, 5.74) is 8.03. The Morgan fingerprint density at radius 1 is 1.10 bits per heavy atom. The number of hydrogen-bond donors (Lipinski definition) is 1. The topological polar surface area (TPSA) is 59.5 Å². The van der Waals surface area contributed by atoms with Crippen LogP contribution in [0, 0.1) is 0 Å². The molecule has 0 radical (unpaired) electrons. The molecule has 2 heterocycles. The molecule has 1 aromatic carbocycles. The van der Waals surface area contributed by atoms with Crippen LogP contribution in [0.5, 0.6) is 0 Å². The summed E-state index contributed by atoms with van der Waals surface area (Å²) >= 11 is 3.05. The second-order valence-corrected chi connectivity index (χ2v) is 5.65. The highest BCUT2D eigenvalue weighted by Crippen LogP contribution is 2.25. The Labute approximate surface area is 133 Å². The number of carbonyl (C=O) groups excluding carboxylic acids is 1. The first-order valence-electron chi connectivity index (χ1n) is 7.00. The van der Waals surface area contributed by atoms with E-state index in [0.29, 0.717) is 16.7 Å². The van der Waals surface area contributed by atoms with Gasteiger partial charge < -0.3 is 15.1 Å². The van der Waals surface area contributed by atoms with Crippen molar-refractivity contribution in [3.05, 3.63) is 46.8 Å². The second-order valence-electron chi connectivity index (χ2n) is 4.87. The van der Waals surface area contributed by atoms with E-state index in [4.69, 9.17) is 10.2 Å². The van der Waals surface area contributed by atoms with E-state index in [0.717, 1.165) is 18.8 Å². The van der Waals surface area contributed by atoms with E-state index in [1.54, 1.807) is 12.1 Å². The molecule has 4 nitrogen and oxygen atoms in total. The smallest absolute Gasteiger partial charge is 0.185 e. The van der Waals surface area contributed by atoms with Gasteiger partial charge >= 0.3 is 0 Å². The van der Waals surface area contributed by atoms with Gasteiger partial charge in [-0.3, -0.25) is 4.79 Å². The Kier molecular flexibility index (Phi) is 5.87. The first-order valence-corrected chi connectivity index (χ1v) is 7.80. The normalized spacial score (nSPS) is 14.2. The summed E-state index contributed by atoms with van der Waals surface area (Å²) in [5.74, 6) is 0.344. The number of rotatable bonds is 2. The Bertz CT molecular complexity index is 577. The van der Waals surface area contributed by atoms with Crippen LogP contribution in [0.1, 0.15) is 29.8 Å². The first-order chi connectivity index (χ1) is 10.2. The van der Waals surface area contributed by atoms with E-state index in [1.807, 2.05) is 12.1 Å². The highest BCUT2D eigenvalue weighted by molar-refractivity contribution is 9.10. The zero-order chi connectivity index (χ0) is 15.1. The number of piperidine rings is 1. The van der Waals surface area contributed by atoms with Crippen LogP contribution in [-0.4, -0.2) is 19.4 Å². The van der Waals surface area contributed by atoms with Gasteiger partial charge in [0, 0.05) is 13.1 Å². The Morgan fingerprint density at radius 3 is 2.33 bits per heavy atom. The van der Waals surface area contributed by atoms with Gasteiger partial charge in [-0.25, -0.2) is 0 Å². The molecule has 0 spiro atoms. The lowest BCUT2D eigenvalue weighted by molar-refractivity contribution is 0.109. The zero-order valence-corrected chi connectivity index (χ0v) is 13.4. The van der Waals surface area contributed by atoms with Crippen molar-refractivity contribution in [2.45, 2.75) is 19.3 Å². The molecule has 112 valence electrons. The first kappa shape index (κ1) is 15.6. The van der Waals surface area contributed by atoms with Gasteiger partial charge in [-0.05, 0) is 59.5 Å². The molecule has 1 saturated heterocycles. The molecule has 2 aromatic rings. The third kappa shape index (κ3) is 4.63. The van der Waals surface area contributed by atoms with Gasteiger partial charge in [-0.15, -0.1) is 0 Å². The van der Waals surface area contributed by atoms with Crippen LogP contribution < -0.4 is 10.6 Å². The summed E-state index contributed by atoms with van der Waals surface area (Å²) in [6, 6.07) is 11.4. The molecule has 5 heteroatoms. The summed E-state index contributed by atoms with van der Waals surface area (Å²) in [7, 11) is 0. The van der Waals surface area contributed by atoms with E-state index < -0.39 is 0 Å². The fourth-order valence-electron chi connectivity index (χ4n) is 2.30. The molecule has 0 saturated carbocycles. The molecule has 0 aliphatic carbocycles. The molecule has 0 amide bonds. The van der Waals surface area contributed by atoms with Crippen LogP contribution in [0.25, 0.3) is 0 Å². The van der Waals surface area contributed by atoms with Gasteiger partial charge in [0.2, 0.25) is 0 Å². The third-order valence-corrected chi connectivity index (χ3v) is 3.77. The maximum atomic E-state index is 9.91. The van der Waals surface area contributed by atoms with Gasteiger partial charge in [0.15, 0.2) is 16.7 Å². The fourth-order valence-corrected chi connectivity index (χ4v) is 2.62. The number of para-hydroxylation sites is 2. The van der Waals surface area contributed by atoms with Crippen LogP contribution in [0.15, 0.2) is 45.5 Å². The SMILES string of the molecule is Nc1ccccc1N1CCCCC1.O=Cc1ccc(Br)o1. The summed E-state index contributed by atoms with van der Waals surface area (Å²) < 4.78 is 5.36. The zero-order valence-electron chi connectivity index (χ0n) is 11.8. The van der Waals surface area contributed by atoms with Gasteiger partial charge in [0.1, 0.15) is 0 Å². The minimum Gasteiger partial charge on any atom is -0.447 e. The van der Waals surface area contributed by atoms with E-state index in [2.05, 4.69) is 33.0 Å². The maximum Gasteiger partial charge on any atom is 0.185 e. The molecule has 1 aromatic heterocycles. The van der Waals surface area contributed by atoms with Crippen LogP contribution in [0.2, 0.25) is 0 Å². The molecule has 0 atom stereocenters. The van der Waals surface area contributed by atoms with Crippen molar-refractivity contribution in [2.24, 2.45) is 0 Å². The number of hydrogen-bond acceptors (Lipinski definition) is 4. The van der Waals surface area contributed by atoms with E-state index in [9.17, 15) is 4.79 Å².